The molecule has 3 heteroatoms. The number of hydrogen-bond donors (Lipinski definition) is 1. The van der Waals surface area contributed by atoms with Crippen molar-refractivity contribution in [3.63, 3.8) is 0 Å². The molecule has 1 saturated carbocycles. The van der Waals surface area contributed by atoms with Gasteiger partial charge in [0.25, 0.3) is 0 Å². The maximum atomic E-state index is 13.1. The van der Waals surface area contributed by atoms with E-state index in [1.807, 2.05) is 0 Å². The summed E-state index contributed by atoms with van der Waals surface area (Å²) in [5.41, 5.74) is 0.991. The first-order chi connectivity index (χ1) is 9.16. The second-order valence-electron chi connectivity index (χ2n) is 5.60. The lowest BCUT2D eigenvalue weighted by molar-refractivity contribution is 0.362. The first-order valence-electron chi connectivity index (χ1n) is 7.38. The van der Waals surface area contributed by atoms with Gasteiger partial charge >= 0.3 is 0 Å². The van der Waals surface area contributed by atoms with Gasteiger partial charge in [-0.15, -0.1) is 0 Å². The molecule has 1 fully saturated rings. The fraction of sp³-hybridized carbons (Fsp3) is 0.625. The Morgan fingerprint density at radius 1 is 1.16 bits per heavy atom. The minimum atomic E-state index is -0.271. The van der Waals surface area contributed by atoms with Gasteiger partial charge in [-0.3, -0.25) is 0 Å². The van der Waals surface area contributed by atoms with E-state index in [2.05, 4.69) is 12.2 Å². The van der Waals surface area contributed by atoms with Gasteiger partial charge in [0, 0.05) is 17.1 Å². The van der Waals surface area contributed by atoms with Crippen LogP contribution >= 0.6 is 11.6 Å². The summed E-state index contributed by atoms with van der Waals surface area (Å²) in [6.45, 7) is 2.11. The van der Waals surface area contributed by atoms with E-state index in [0.29, 0.717) is 11.1 Å². The molecule has 1 aromatic rings. The zero-order valence-electron chi connectivity index (χ0n) is 11.6. The van der Waals surface area contributed by atoms with Crippen LogP contribution in [0.2, 0.25) is 5.02 Å². The molecule has 1 aliphatic rings. The Hall–Kier alpha value is -0.600. The first kappa shape index (κ1) is 14.8. The molecule has 0 aliphatic heterocycles. The molecule has 0 saturated heterocycles. The molecule has 0 radical (unpaired) electrons. The molecule has 1 atom stereocenters. The number of halogens is 2. The van der Waals surface area contributed by atoms with E-state index in [0.717, 1.165) is 5.56 Å². The lowest BCUT2D eigenvalue weighted by Crippen LogP contribution is -2.32. The summed E-state index contributed by atoms with van der Waals surface area (Å²) in [6.07, 6.45) is 9.18. The molecule has 1 nitrogen and oxygen atoms in total. The van der Waals surface area contributed by atoms with Crippen molar-refractivity contribution in [2.75, 3.05) is 0 Å². The Balaban J connectivity index is 1.96. The maximum Gasteiger partial charge on any atom is 0.124 e. The third-order valence-corrected chi connectivity index (χ3v) is 4.35. The van der Waals surface area contributed by atoms with Crippen LogP contribution in [0.4, 0.5) is 4.39 Å². The monoisotopic (exact) mass is 283 g/mol. The standard InChI is InChI=1S/C16H23ClFN/c1-12(15-10-9-13(18)11-16(15)17)19-14-7-5-3-2-4-6-8-14/h9-12,14,19H,2-8H2,1H3. The van der Waals surface area contributed by atoms with Gasteiger partial charge in [-0.05, 0) is 37.5 Å². The van der Waals surface area contributed by atoms with Crippen molar-refractivity contribution >= 4 is 11.6 Å². The van der Waals surface area contributed by atoms with Crippen LogP contribution in [0.3, 0.4) is 0 Å². The van der Waals surface area contributed by atoms with Gasteiger partial charge in [0.2, 0.25) is 0 Å². The van der Waals surface area contributed by atoms with Crippen LogP contribution < -0.4 is 5.32 Å². The number of benzene rings is 1. The van der Waals surface area contributed by atoms with E-state index < -0.39 is 0 Å². The minimum Gasteiger partial charge on any atom is -0.307 e. The topological polar surface area (TPSA) is 12.0 Å². The van der Waals surface area contributed by atoms with Crippen molar-refractivity contribution in [1.82, 2.24) is 5.32 Å². The lowest BCUT2D eigenvalue weighted by Gasteiger charge is -2.26. The number of nitrogens with one attached hydrogen (secondary N) is 1. The summed E-state index contributed by atoms with van der Waals surface area (Å²) in [5, 5.41) is 4.18. The highest BCUT2D eigenvalue weighted by Gasteiger charge is 2.16. The molecular weight excluding hydrogens is 261 g/mol. The Morgan fingerprint density at radius 2 is 1.79 bits per heavy atom. The summed E-state index contributed by atoms with van der Waals surface area (Å²) in [7, 11) is 0. The Morgan fingerprint density at radius 3 is 2.42 bits per heavy atom. The molecular formula is C16H23ClFN. The fourth-order valence-corrected chi connectivity index (χ4v) is 3.25. The molecule has 1 aliphatic carbocycles. The molecule has 0 heterocycles. The average Bonchev–Trinajstić information content (AvgIpc) is 2.32. The van der Waals surface area contributed by atoms with Crippen molar-refractivity contribution < 1.29 is 4.39 Å². The second kappa shape index (κ2) is 7.25. The summed E-state index contributed by atoms with van der Waals surface area (Å²) in [4.78, 5) is 0. The van der Waals surface area contributed by atoms with Gasteiger partial charge < -0.3 is 5.32 Å². The van der Waals surface area contributed by atoms with Crippen molar-refractivity contribution in [3.05, 3.63) is 34.6 Å². The van der Waals surface area contributed by atoms with Crippen LogP contribution in [-0.4, -0.2) is 6.04 Å². The SMILES string of the molecule is CC(NC1CCCCCCC1)c1ccc(F)cc1Cl. The highest BCUT2D eigenvalue weighted by Crippen LogP contribution is 2.26. The van der Waals surface area contributed by atoms with Gasteiger partial charge in [0.15, 0.2) is 0 Å². The number of hydrogen-bond acceptors (Lipinski definition) is 1. The van der Waals surface area contributed by atoms with Crippen molar-refractivity contribution in [3.8, 4) is 0 Å². The molecule has 0 spiro atoms. The van der Waals surface area contributed by atoms with Gasteiger partial charge in [0.1, 0.15) is 5.82 Å². The van der Waals surface area contributed by atoms with Crippen molar-refractivity contribution in [1.29, 1.82) is 0 Å². The third kappa shape index (κ3) is 4.47. The predicted octanol–water partition coefficient (Wildman–Crippen LogP) is 5.24. The van der Waals surface area contributed by atoms with Crippen LogP contribution in [0.15, 0.2) is 18.2 Å². The van der Waals surface area contributed by atoms with Crippen LogP contribution in [0.5, 0.6) is 0 Å². The van der Waals surface area contributed by atoms with Gasteiger partial charge in [0.05, 0.1) is 0 Å². The zero-order chi connectivity index (χ0) is 13.7. The molecule has 2 rings (SSSR count). The highest BCUT2D eigenvalue weighted by atomic mass is 35.5. The highest BCUT2D eigenvalue weighted by molar-refractivity contribution is 6.31. The zero-order valence-corrected chi connectivity index (χ0v) is 12.3. The summed E-state index contributed by atoms with van der Waals surface area (Å²) in [5.74, 6) is -0.271. The Bertz CT molecular complexity index is 400. The van der Waals surface area contributed by atoms with Gasteiger partial charge in [-0.1, -0.05) is 49.8 Å². The van der Waals surface area contributed by atoms with E-state index in [-0.39, 0.29) is 11.9 Å². The maximum absolute atomic E-state index is 13.1. The Labute approximate surface area is 120 Å². The van der Waals surface area contributed by atoms with E-state index in [1.165, 1.54) is 57.1 Å². The molecule has 1 unspecified atom stereocenters. The van der Waals surface area contributed by atoms with E-state index in [4.69, 9.17) is 11.6 Å². The van der Waals surface area contributed by atoms with Gasteiger partial charge in [-0.2, -0.15) is 0 Å². The predicted molar refractivity (Wildman–Crippen MR) is 79.1 cm³/mol. The van der Waals surface area contributed by atoms with Crippen LogP contribution in [0, 0.1) is 5.82 Å². The average molecular weight is 284 g/mol. The quantitative estimate of drug-likeness (QED) is 0.799. The molecule has 1 N–H and O–H groups in total. The molecule has 0 bridgehead atoms. The van der Waals surface area contributed by atoms with Crippen LogP contribution in [0.1, 0.15) is 63.5 Å². The van der Waals surface area contributed by atoms with Crippen LogP contribution in [-0.2, 0) is 0 Å². The van der Waals surface area contributed by atoms with E-state index in [9.17, 15) is 4.39 Å². The summed E-state index contributed by atoms with van der Waals surface area (Å²) in [6, 6.07) is 5.41. The largest absolute Gasteiger partial charge is 0.307 e. The lowest BCUT2D eigenvalue weighted by atomic mass is 9.95. The number of rotatable bonds is 3. The molecule has 19 heavy (non-hydrogen) atoms. The second-order valence-corrected chi connectivity index (χ2v) is 6.00. The fourth-order valence-electron chi connectivity index (χ4n) is 2.92. The Kier molecular flexibility index (Phi) is 5.65. The normalized spacial score (nSPS) is 19.7. The van der Waals surface area contributed by atoms with Gasteiger partial charge in [-0.25, -0.2) is 4.39 Å². The summed E-state index contributed by atoms with van der Waals surface area (Å²) < 4.78 is 13.1. The minimum absolute atomic E-state index is 0.178. The summed E-state index contributed by atoms with van der Waals surface area (Å²) >= 11 is 6.12. The molecule has 0 amide bonds. The van der Waals surface area contributed by atoms with E-state index in [1.54, 1.807) is 6.07 Å². The molecule has 1 aromatic carbocycles. The van der Waals surface area contributed by atoms with Crippen molar-refractivity contribution in [2.45, 2.75) is 64.0 Å². The van der Waals surface area contributed by atoms with Crippen LogP contribution in [0.25, 0.3) is 0 Å². The van der Waals surface area contributed by atoms with E-state index >= 15 is 0 Å². The first-order valence-corrected chi connectivity index (χ1v) is 7.75. The molecule has 0 aromatic heterocycles. The third-order valence-electron chi connectivity index (χ3n) is 4.02. The smallest absolute Gasteiger partial charge is 0.124 e. The van der Waals surface area contributed by atoms with Crippen molar-refractivity contribution in [2.24, 2.45) is 0 Å². The molecule has 106 valence electrons.